The largest absolute Gasteiger partial charge is 0.419 e. The van der Waals surface area contributed by atoms with Crippen LogP contribution in [0.2, 0.25) is 0 Å². The second kappa shape index (κ2) is 3.67. The average Bonchev–Trinajstić information content (AvgIpc) is 2.05. The highest BCUT2D eigenvalue weighted by molar-refractivity contribution is 5.29. The van der Waals surface area contributed by atoms with Gasteiger partial charge in [0, 0.05) is 0 Å². The van der Waals surface area contributed by atoms with Crippen molar-refractivity contribution in [2.75, 3.05) is 0 Å². The van der Waals surface area contributed by atoms with Crippen molar-refractivity contribution in [1.29, 1.82) is 0 Å². The van der Waals surface area contributed by atoms with Gasteiger partial charge in [0.05, 0.1) is 11.8 Å². The summed E-state index contributed by atoms with van der Waals surface area (Å²) in [5, 5.41) is 0. The Morgan fingerprint density at radius 2 is 1.67 bits per heavy atom. The third-order valence-electron chi connectivity index (χ3n) is 1.52. The Morgan fingerprint density at radius 1 is 1.13 bits per heavy atom. The number of aromatic nitrogens is 1. The van der Waals surface area contributed by atoms with E-state index in [9.17, 15) is 30.7 Å². The van der Waals surface area contributed by atoms with E-state index < -0.39 is 35.5 Å². The molecule has 0 spiro atoms. The fourth-order valence-corrected chi connectivity index (χ4v) is 0.966. The maximum Gasteiger partial charge on any atom is 0.419 e. The second-order valence-corrected chi connectivity index (χ2v) is 2.48. The van der Waals surface area contributed by atoms with Crippen LogP contribution in [0.3, 0.4) is 0 Å². The first-order valence-corrected chi connectivity index (χ1v) is 3.44. The molecule has 0 aliphatic rings. The molecule has 0 fully saturated rings. The van der Waals surface area contributed by atoms with E-state index in [1.165, 1.54) is 0 Å². The van der Waals surface area contributed by atoms with Crippen LogP contribution in [0, 0.1) is 11.8 Å². The SMILES string of the molecule is Fc1cnc(F)c(C(F)F)c1C(F)(F)F. The van der Waals surface area contributed by atoms with Crippen molar-refractivity contribution in [3.63, 3.8) is 0 Å². The molecule has 1 rings (SSSR count). The molecule has 1 nitrogen and oxygen atoms in total. The number of alkyl halides is 5. The molecule has 0 N–H and O–H groups in total. The Morgan fingerprint density at radius 3 is 2.00 bits per heavy atom. The maximum absolute atomic E-state index is 12.6. The predicted molar refractivity (Wildman–Crippen MR) is 34.1 cm³/mol. The van der Waals surface area contributed by atoms with Crippen LogP contribution in [0.5, 0.6) is 0 Å². The van der Waals surface area contributed by atoms with Crippen LogP contribution in [0.4, 0.5) is 30.7 Å². The number of hydrogen-bond acceptors (Lipinski definition) is 1. The number of halogens is 7. The van der Waals surface area contributed by atoms with Crippen LogP contribution in [0.25, 0.3) is 0 Å². The van der Waals surface area contributed by atoms with Crippen molar-refractivity contribution in [2.24, 2.45) is 0 Å². The van der Waals surface area contributed by atoms with E-state index in [4.69, 9.17) is 0 Å². The lowest BCUT2D eigenvalue weighted by Crippen LogP contribution is -2.15. The molecule has 1 aromatic rings. The Kier molecular flexibility index (Phi) is 2.87. The second-order valence-electron chi connectivity index (χ2n) is 2.48. The van der Waals surface area contributed by atoms with Gasteiger partial charge in [0.15, 0.2) is 5.82 Å². The molecule has 1 heterocycles. The van der Waals surface area contributed by atoms with E-state index in [0.29, 0.717) is 0 Å². The summed E-state index contributed by atoms with van der Waals surface area (Å²) in [5.74, 6) is -4.06. The van der Waals surface area contributed by atoms with Crippen LogP contribution >= 0.6 is 0 Å². The van der Waals surface area contributed by atoms with Gasteiger partial charge < -0.3 is 0 Å². The topological polar surface area (TPSA) is 12.9 Å². The van der Waals surface area contributed by atoms with E-state index in [1.807, 2.05) is 0 Å². The zero-order valence-electron chi connectivity index (χ0n) is 6.75. The van der Waals surface area contributed by atoms with E-state index >= 15 is 0 Å². The van der Waals surface area contributed by atoms with Crippen LogP contribution in [-0.4, -0.2) is 4.98 Å². The highest BCUT2D eigenvalue weighted by Crippen LogP contribution is 2.38. The van der Waals surface area contributed by atoms with Crippen molar-refractivity contribution in [2.45, 2.75) is 12.6 Å². The van der Waals surface area contributed by atoms with Gasteiger partial charge in [-0.1, -0.05) is 0 Å². The first kappa shape index (κ1) is 11.7. The lowest BCUT2D eigenvalue weighted by atomic mass is 10.1. The van der Waals surface area contributed by atoms with Crippen molar-refractivity contribution < 1.29 is 30.7 Å². The molecule has 15 heavy (non-hydrogen) atoms. The van der Waals surface area contributed by atoms with E-state index in [0.717, 1.165) is 0 Å². The van der Waals surface area contributed by atoms with Gasteiger partial charge in [0.2, 0.25) is 5.95 Å². The van der Waals surface area contributed by atoms with Crippen LogP contribution in [0.15, 0.2) is 6.20 Å². The predicted octanol–water partition coefficient (Wildman–Crippen LogP) is 3.32. The van der Waals surface area contributed by atoms with Gasteiger partial charge >= 0.3 is 6.18 Å². The Labute approximate surface area is 78.5 Å². The number of pyridine rings is 1. The molecule has 0 aromatic carbocycles. The molecule has 0 radical (unpaired) electrons. The van der Waals surface area contributed by atoms with Crippen LogP contribution in [-0.2, 0) is 6.18 Å². The summed E-state index contributed by atoms with van der Waals surface area (Å²) in [6.07, 6.45) is -9.27. The number of hydrogen-bond donors (Lipinski definition) is 0. The molecule has 0 aliphatic carbocycles. The molecule has 0 amide bonds. The molecular weight excluding hydrogens is 231 g/mol. The van der Waals surface area contributed by atoms with Gasteiger partial charge in [-0.25, -0.2) is 18.2 Å². The van der Waals surface area contributed by atoms with Gasteiger partial charge in [-0.15, -0.1) is 0 Å². The minimum atomic E-state index is -5.39. The van der Waals surface area contributed by atoms with E-state index in [-0.39, 0.29) is 6.20 Å². The summed E-state index contributed by atoms with van der Waals surface area (Å²) in [6, 6.07) is 0. The third kappa shape index (κ3) is 2.18. The van der Waals surface area contributed by atoms with E-state index in [1.54, 1.807) is 0 Å². The lowest BCUT2D eigenvalue weighted by molar-refractivity contribution is -0.142. The zero-order valence-corrected chi connectivity index (χ0v) is 6.75. The molecule has 0 aliphatic heterocycles. The highest BCUT2D eigenvalue weighted by atomic mass is 19.4. The summed E-state index contributed by atoms with van der Waals surface area (Å²) in [4.78, 5) is 2.45. The minimum Gasteiger partial charge on any atom is -0.225 e. The van der Waals surface area contributed by atoms with Crippen LogP contribution in [0.1, 0.15) is 17.6 Å². The first-order chi connectivity index (χ1) is 6.75. The molecule has 0 unspecified atom stereocenters. The van der Waals surface area contributed by atoms with Gasteiger partial charge in [0.25, 0.3) is 6.43 Å². The summed E-state index contributed by atoms with van der Waals surface area (Å²) in [5.41, 5.74) is -4.38. The average molecular weight is 233 g/mol. The standard InChI is InChI=1S/C7H2F7N/c8-2-1-15-6(11)3(5(9)10)4(2)7(12,13)14/h1,5H. The van der Waals surface area contributed by atoms with Crippen molar-refractivity contribution in [3.8, 4) is 0 Å². The molecule has 0 atom stereocenters. The fourth-order valence-electron chi connectivity index (χ4n) is 0.966. The van der Waals surface area contributed by atoms with Gasteiger partial charge in [0.1, 0.15) is 5.56 Å². The molecule has 8 heteroatoms. The molecule has 0 saturated heterocycles. The van der Waals surface area contributed by atoms with Gasteiger partial charge in [-0.3, -0.25) is 0 Å². The zero-order chi connectivity index (χ0) is 11.8. The van der Waals surface area contributed by atoms with Crippen LogP contribution < -0.4 is 0 Å². The quantitative estimate of drug-likeness (QED) is 0.535. The maximum atomic E-state index is 12.6. The molecule has 1 aromatic heterocycles. The Balaban J connectivity index is 3.53. The first-order valence-electron chi connectivity index (χ1n) is 3.44. The molecule has 0 bridgehead atoms. The molecular formula is C7H2F7N. The molecule has 0 saturated carbocycles. The smallest absolute Gasteiger partial charge is 0.225 e. The Bertz CT molecular complexity index is 370. The van der Waals surface area contributed by atoms with Crippen molar-refractivity contribution in [3.05, 3.63) is 29.1 Å². The lowest BCUT2D eigenvalue weighted by Gasteiger charge is -2.12. The number of nitrogens with zero attached hydrogens (tertiary/aromatic N) is 1. The summed E-state index contributed by atoms with van der Waals surface area (Å²) >= 11 is 0. The Hall–Kier alpha value is -1.34. The fraction of sp³-hybridized carbons (Fsp3) is 0.286. The summed E-state index contributed by atoms with van der Waals surface area (Å²) in [6.45, 7) is 0. The van der Waals surface area contributed by atoms with Crippen molar-refractivity contribution >= 4 is 0 Å². The molecule has 84 valence electrons. The van der Waals surface area contributed by atoms with Gasteiger partial charge in [-0.05, 0) is 0 Å². The monoisotopic (exact) mass is 233 g/mol. The summed E-state index contributed by atoms with van der Waals surface area (Å²) < 4.78 is 85.5. The summed E-state index contributed by atoms with van der Waals surface area (Å²) in [7, 11) is 0. The van der Waals surface area contributed by atoms with Crippen molar-refractivity contribution in [1.82, 2.24) is 4.98 Å². The third-order valence-corrected chi connectivity index (χ3v) is 1.52. The number of rotatable bonds is 1. The van der Waals surface area contributed by atoms with Gasteiger partial charge in [-0.2, -0.15) is 17.6 Å². The van der Waals surface area contributed by atoms with E-state index in [2.05, 4.69) is 4.98 Å². The highest BCUT2D eigenvalue weighted by Gasteiger charge is 2.41. The normalized spacial score (nSPS) is 12.3. The minimum absolute atomic E-state index is 0.0932.